The molecule has 0 N–H and O–H groups in total. The van der Waals surface area contributed by atoms with E-state index in [1.54, 1.807) is 0 Å². The maximum atomic E-state index is 11.6. The van der Waals surface area contributed by atoms with Gasteiger partial charge in [0.25, 0.3) is 0 Å². The van der Waals surface area contributed by atoms with E-state index in [-0.39, 0.29) is 5.92 Å². The van der Waals surface area contributed by atoms with Crippen LogP contribution in [0.25, 0.3) is 0 Å². The van der Waals surface area contributed by atoms with Crippen molar-refractivity contribution in [3.8, 4) is 0 Å². The molecule has 2 unspecified atom stereocenters. The first-order chi connectivity index (χ1) is 6.65. The van der Waals surface area contributed by atoms with Crippen LogP contribution in [0.3, 0.4) is 0 Å². The molecule has 0 aromatic heterocycles. The summed E-state index contributed by atoms with van der Waals surface area (Å²) in [4.78, 5) is 0. The van der Waals surface area contributed by atoms with Gasteiger partial charge < -0.3 is 4.74 Å². The van der Waals surface area contributed by atoms with E-state index in [0.29, 0.717) is 12.5 Å². The summed E-state index contributed by atoms with van der Waals surface area (Å²) >= 11 is 0. The lowest BCUT2D eigenvalue weighted by Gasteiger charge is -2.20. The number of ether oxygens (including phenoxy) is 1. The van der Waals surface area contributed by atoms with Crippen LogP contribution in [0, 0.1) is 11.8 Å². The Balaban J connectivity index is 3.65. The van der Waals surface area contributed by atoms with Gasteiger partial charge in [-0.15, -0.1) is 0 Å². The van der Waals surface area contributed by atoms with Gasteiger partial charge in [-0.2, -0.15) is 0 Å². The first-order valence-electron chi connectivity index (χ1n) is 5.93. The molecule has 0 aliphatic heterocycles. The molecule has 0 saturated heterocycles. The van der Waals surface area contributed by atoms with Gasteiger partial charge >= 0.3 is 0 Å². The first-order valence-corrected chi connectivity index (χ1v) is 5.93. The minimum atomic E-state index is -0.815. The molecule has 0 aromatic rings. The lowest BCUT2D eigenvalue weighted by Crippen LogP contribution is -2.23. The number of hydrogen-bond acceptors (Lipinski definition) is 1. The molecule has 0 aliphatic rings. The van der Waals surface area contributed by atoms with Gasteiger partial charge in [-0.1, -0.05) is 34.1 Å². The summed E-state index contributed by atoms with van der Waals surface area (Å²) in [5, 5.41) is 11.6. The first kappa shape index (κ1) is 13.9. The molecule has 14 heavy (non-hydrogen) atoms. The van der Waals surface area contributed by atoms with Crippen LogP contribution in [0.1, 0.15) is 53.4 Å². The van der Waals surface area contributed by atoms with E-state index in [0.717, 1.165) is 19.3 Å². The normalized spacial score (nSPS) is 15.9. The number of hydrogen-bond donors (Lipinski definition) is 0. The summed E-state index contributed by atoms with van der Waals surface area (Å²) < 4.78 is 5.34. The molecule has 0 saturated carbocycles. The highest BCUT2D eigenvalue weighted by molar-refractivity contribution is 4.58. The van der Waals surface area contributed by atoms with Crippen molar-refractivity contribution in [2.75, 3.05) is 6.61 Å². The highest BCUT2D eigenvalue weighted by Gasteiger charge is 2.18. The molecular formula is C12H25O2. The molecule has 0 rings (SSSR count). The van der Waals surface area contributed by atoms with E-state index >= 15 is 0 Å². The topological polar surface area (TPSA) is 29.1 Å². The summed E-state index contributed by atoms with van der Waals surface area (Å²) in [5.41, 5.74) is 0. The third-order valence-corrected chi connectivity index (χ3v) is 2.76. The van der Waals surface area contributed by atoms with E-state index in [4.69, 9.17) is 4.74 Å². The summed E-state index contributed by atoms with van der Waals surface area (Å²) in [6.07, 6.45) is 3.35. The monoisotopic (exact) mass is 201 g/mol. The molecule has 2 atom stereocenters. The van der Waals surface area contributed by atoms with Gasteiger partial charge in [0.05, 0.1) is 6.61 Å². The molecule has 85 valence electrons. The van der Waals surface area contributed by atoms with Crippen LogP contribution in [0.2, 0.25) is 0 Å². The molecule has 0 spiro atoms. The van der Waals surface area contributed by atoms with Crippen LogP contribution in [-0.2, 0) is 9.84 Å². The van der Waals surface area contributed by atoms with Crippen LogP contribution in [0.15, 0.2) is 0 Å². The van der Waals surface area contributed by atoms with Crippen LogP contribution >= 0.6 is 0 Å². The highest BCUT2D eigenvalue weighted by atomic mass is 16.6. The second-order valence-electron chi connectivity index (χ2n) is 4.17. The lowest BCUT2D eigenvalue weighted by molar-refractivity contribution is -0.179. The van der Waals surface area contributed by atoms with Crippen molar-refractivity contribution in [1.82, 2.24) is 0 Å². The van der Waals surface area contributed by atoms with E-state index in [9.17, 15) is 5.11 Å². The Hall–Kier alpha value is -0.0800. The van der Waals surface area contributed by atoms with Crippen molar-refractivity contribution in [1.29, 1.82) is 0 Å². The third-order valence-electron chi connectivity index (χ3n) is 2.76. The van der Waals surface area contributed by atoms with Crippen molar-refractivity contribution < 1.29 is 9.84 Å². The fourth-order valence-corrected chi connectivity index (χ4v) is 1.64. The molecule has 2 nitrogen and oxygen atoms in total. The van der Waals surface area contributed by atoms with Crippen molar-refractivity contribution >= 4 is 0 Å². The minimum Gasteiger partial charge on any atom is -0.349 e. The minimum absolute atomic E-state index is 0.184. The van der Waals surface area contributed by atoms with Gasteiger partial charge in [0.15, 0.2) is 6.29 Å². The van der Waals surface area contributed by atoms with E-state index in [2.05, 4.69) is 27.7 Å². The van der Waals surface area contributed by atoms with E-state index < -0.39 is 6.29 Å². The molecule has 0 bridgehead atoms. The standard InChI is InChI=1S/C12H25O2/c1-5-8-10(4)9-14-12(13)11(6-2)7-3/h10-12H,5-9H2,1-4H3. The Labute approximate surface area is 88.7 Å². The second-order valence-corrected chi connectivity index (χ2v) is 4.17. The molecule has 0 aromatic carbocycles. The Morgan fingerprint density at radius 3 is 2.14 bits per heavy atom. The van der Waals surface area contributed by atoms with Crippen molar-refractivity contribution in [3.63, 3.8) is 0 Å². The molecule has 0 aliphatic carbocycles. The van der Waals surface area contributed by atoms with Crippen molar-refractivity contribution in [2.45, 2.75) is 59.7 Å². The lowest BCUT2D eigenvalue weighted by atomic mass is 10.0. The van der Waals surface area contributed by atoms with Gasteiger partial charge in [-0.25, -0.2) is 5.11 Å². The molecule has 0 heterocycles. The predicted octanol–water partition coefficient (Wildman–Crippen LogP) is 3.63. The van der Waals surface area contributed by atoms with Crippen LogP contribution in [0.5, 0.6) is 0 Å². The number of rotatable bonds is 8. The average Bonchev–Trinajstić information content (AvgIpc) is 2.17. The largest absolute Gasteiger partial charge is 0.349 e. The fourth-order valence-electron chi connectivity index (χ4n) is 1.64. The molecular weight excluding hydrogens is 176 g/mol. The SMILES string of the molecule is CCCC(C)COC([O])C(CC)CC. The average molecular weight is 201 g/mol. The Bertz CT molecular complexity index is 121. The van der Waals surface area contributed by atoms with Crippen LogP contribution < -0.4 is 0 Å². The quantitative estimate of drug-likeness (QED) is 0.551. The Morgan fingerprint density at radius 1 is 1.14 bits per heavy atom. The predicted molar refractivity (Wildman–Crippen MR) is 58.6 cm³/mol. The zero-order valence-electron chi connectivity index (χ0n) is 10.1. The summed E-state index contributed by atoms with van der Waals surface area (Å²) in [7, 11) is 0. The van der Waals surface area contributed by atoms with E-state index in [1.807, 2.05) is 0 Å². The van der Waals surface area contributed by atoms with E-state index in [1.165, 1.54) is 6.42 Å². The zero-order valence-corrected chi connectivity index (χ0v) is 10.1. The van der Waals surface area contributed by atoms with Gasteiger partial charge in [-0.05, 0) is 25.2 Å². The molecule has 0 amide bonds. The summed E-state index contributed by atoms with van der Waals surface area (Å²) in [6.45, 7) is 9.03. The van der Waals surface area contributed by atoms with Gasteiger partial charge in [-0.3, -0.25) is 0 Å². The highest BCUT2D eigenvalue weighted by Crippen LogP contribution is 2.16. The molecule has 0 fully saturated rings. The zero-order chi connectivity index (χ0) is 11.0. The third kappa shape index (κ3) is 5.61. The van der Waals surface area contributed by atoms with Crippen molar-refractivity contribution in [3.05, 3.63) is 0 Å². The molecule has 2 heteroatoms. The second kappa shape index (κ2) is 8.25. The van der Waals surface area contributed by atoms with Gasteiger partial charge in [0.2, 0.25) is 0 Å². The van der Waals surface area contributed by atoms with Gasteiger partial charge in [0.1, 0.15) is 0 Å². The van der Waals surface area contributed by atoms with Crippen molar-refractivity contribution in [2.24, 2.45) is 11.8 Å². The smallest absolute Gasteiger partial charge is 0.194 e. The summed E-state index contributed by atoms with van der Waals surface area (Å²) in [6, 6.07) is 0. The summed E-state index contributed by atoms with van der Waals surface area (Å²) in [5.74, 6) is 0.703. The Morgan fingerprint density at radius 2 is 1.71 bits per heavy atom. The van der Waals surface area contributed by atoms with Gasteiger partial charge in [0, 0.05) is 5.92 Å². The maximum absolute atomic E-state index is 11.6. The van der Waals surface area contributed by atoms with Crippen LogP contribution in [0.4, 0.5) is 0 Å². The Kier molecular flexibility index (Phi) is 8.20. The fraction of sp³-hybridized carbons (Fsp3) is 1.00. The maximum Gasteiger partial charge on any atom is 0.194 e. The van der Waals surface area contributed by atoms with Crippen LogP contribution in [-0.4, -0.2) is 12.9 Å². The molecule has 1 radical (unpaired) electrons.